The van der Waals surface area contributed by atoms with E-state index in [1.165, 1.54) is 16.5 Å². The van der Waals surface area contributed by atoms with Crippen LogP contribution in [-0.4, -0.2) is 10.4 Å². The van der Waals surface area contributed by atoms with Crippen LogP contribution >= 0.6 is 11.3 Å². The summed E-state index contributed by atoms with van der Waals surface area (Å²) < 4.78 is 2.16. The normalized spacial score (nSPS) is 21.2. The van der Waals surface area contributed by atoms with Gasteiger partial charge in [-0.15, -0.1) is 11.3 Å². The third-order valence-corrected chi connectivity index (χ3v) is 5.10. The van der Waals surface area contributed by atoms with Crippen LogP contribution in [0.15, 0.2) is 48.0 Å². The fourth-order valence-electron chi connectivity index (χ4n) is 3.10. The second-order valence-electron chi connectivity index (χ2n) is 5.50. The standard InChI is InChI=1S/C17H15NOS/c1-18-10-14(11-5-2-3-6-15(11)18)12-9-13(12)17(19)16-7-4-8-20-16/h2-8,10,12-13H,9H2,1H3. The number of nitrogens with zero attached hydrogens (tertiary/aromatic N) is 1. The Kier molecular flexibility index (Phi) is 2.57. The molecule has 2 unspecified atom stereocenters. The van der Waals surface area contributed by atoms with Crippen LogP contribution in [0.25, 0.3) is 10.9 Å². The Hall–Kier alpha value is -1.87. The summed E-state index contributed by atoms with van der Waals surface area (Å²) in [6.07, 6.45) is 3.18. The Morgan fingerprint density at radius 3 is 2.90 bits per heavy atom. The van der Waals surface area contributed by atoms with Gasteiger partial charge in [0.15, 0.2) is 5.78 Å². The van der Waals surface area contributed by atoms with Gasteiger partial charge >= 0.3 is 0 Å². The van der Waals surface area contributed by atoms with Gasteiger partial charge in [0.05, 0.1) is 4.88 Å². The molecule has 2 nitrogen and oxygen atoms in total. The summed E-state index contributed by atoms with van der Waals surface area (Å²) in [7, 11) is 2.07. The molecule has 2 aromatic heterocycles. The Balaban J connectivity index is 1.68. The SMILES string of the molecule is Cn1cc(C2CC2C(=O)c2cccs2)c2ccccc21. The van der Waals surface area contributed by atoms with E-state index in [0.717, 1.165) is 11.3 Å². The molecule has 0 aliphatic heterocycles. The van der Waals surface area contributed by atoms with Crippen molar-refractivity contribution in [2.45, 2.75) is 12.3 Å². The van der Waals surface area contributed by atoms with Crippen molar-refractivity contribution in [1.29, 1.82) is 0 Å². The number of Topliss-reactive ketones (excluding diaryl/α,β-unsaturated/α-hetero) is 1. The van der Waals surface area contributed by atoms with Gasteiger partial charge in [0, 0.05) is 30.1 Å². The van der Waals surface area contributed by atoms with E-state index in [1.807, 2.05) is 17.5 Å². The average molecular weight is 281 g/mol. The molecule has 1 fully saturated rings. The highest BCUT2D eigenvalue weighted by molar-refractivity contribution is 7.12. The molecule has 3 heteroatoms. The Labute approximate surface area is 121 Å². The van der Waals surface area contributed by atoms with E-state index in [-0.39, 0.29) is 5.92 Å². The van der Waals surface area contributed by atoms with Crippen LogP contribution in [0.3, 0.4) is 0 Å². The molecule has 0 bridgehead atoms. The zero-order chi connectivity index (χ0) is 13.7. The molecule has 0 amide bonds. The number of thiophene rings is 1. The van der Waals surface area contributed by atoms with E-state index >= 15 is 0 Å². The maximum atomic E-state index is 12.4. The van der Waals surface area contributed by atoms with Gasteiger partial charge in [-0.1, -0.05) is 24.3 Å². The molecule has 1 aliphatic rings. The smallest absolute Gasteiger partial charge is 0.176 e. The molecule has 0 N–H and O–H groups in total. The Morgan fingerprint density at radius 1 is 1.25 bits per heavy atom. The molecule has 0 saturated heterocycles. The second kappa shape index (κ2) is 4.32. The minimum atomic E-state index is 0.180. The van der Waals surface area contributed by atoms with Crippen LogP contribution in [-0.2, 0) is 7.05 Å². The van der Waals surface area contributed by atoms with E-state index in [4.69, 9.17) is 0 Å². The highest BCUT2D eigenvalue weighted by Gasteiger charge is 2.45. The molecule has 3 aromatic rings. The van der Waals surface area contributed by atoms with Gasteiger partial charge in [0.25, 0.3) is 0 Å². The number of benzene rings is 1. The number of fused-ring (bicyclic) bond motifs is 1. The van der Waals surface area contributed by atoms with Gasteiger partial charge < -0.3 is 4.57 Å². The number of aryl methyl sites for hydroxylation is 1. The highest BCUT2D eigenvalue weighted by atomic mass is 32.1. The lowest BCUT2D eigenvalue weighted by molar-refractivity contribution is 0.0969. The van der Waals surface area contributed by atoms with Gasteiger partial charge in [0.2, 0.25) is 0 Å². The van der Waals surface area contributed by atoms with Crippen molar-refractivity contribution >= 4 is 28.0 Å². The molecule has 2 atom stereocenters. The van der Waals surface area contributed by atoms with Crippen molar-refractivity contribution in [3.05, 3.63) is 58.4 Å². The molecular weight excluding hydrogens is 266 g/mol. The lowest BCUT2D eigenvalue weighted by Crippen LogP contribution is -2.00. The summed E-state index contributed by atoms with van der Waals surface area (Å²) in [4.78, 5) is 13.3. The number of carbonyl (C=O) groups excluding carboxylic acids is 1. The number of hydrogen-bond donors (Lipinski definition) is 0. The largest absolute Gasteiger partial charge is 0.350 e. The molecule has 4 rings (SSSR count). The topological polar surface area (TPSA) is 22.0 Å². The highest BCUT2D eigenvalue weighted by Crippen LogP contribution is 2.51. The molecule has 1 saturated carbocycles. The van der Waals surface area contributed by atoms with E-state index in [1.54, 1.807) is 11.3 Å². The number of rotatable bonds is 3. The predicted octanol–water partition coefficient (Wildman–Crippen LogP) is 4.23. The number of hydrogen-bond acceptors (Lipinski definition) is 2. The number of ketones is 1. The van der Waals surface area contributed by atoms with Crippen LogP contribution in [0, 0.1) is 5.92 Å². The fourth-order valence-corrected chi connectivity index (χ4v) is 3.83. The van der Waals surface area contributed by atoms with Crippen LogP contribution in [0.1, 0.15) is 27.6 Å². The van der Waals surface area contributed by atoms with Gasteiger partial charge in [-0.25, -0.2) is 0 Å². The molecule has 1 aliphatic carbocycles. The minimum absolute atomic E-state index is 0.180. The zero-order valence-corrected chi connectivity index (χ0v) is 12.1. The monoisotopic (exact) mass is 281 g/mol. The van der Waals surface area contributed by atoms with Crippen molar-refractivity contribution in [2.75, 3.05) is 0 Å². The summed E-state index contributed by atoms with van der Waals surface area (Å²) in [5.41, 5.74) is 2.58. The molecule has 0 spiro atoms. The molecule has 20 heavy (non-hydrogen) atoms. The van der Waals surface area contributed by atoms with E-state index in [2.05, 4.69) is 42.1 Å². The van der Waals surface area contributed by atoms with Crippen LogP contribution in [0.5, 0.6) is 0 Å². The first-order valence-electron chi connectivity index (χ1n) is 6.87. The third-order valence-electron chi connectivity index (χ3n) is 4.22. The first-order valence-corrected chi connectivity index (χ1v) is 7.75. The maximum Gasteiger partial charge on any atom is 0.176 e. The van der Waals surface area contributed by atoms with Crippen LogP contribution in [0.4, 0.5) is 0 Å². The van der Waals surface area contributed by atoms with Crippen molar-refractivity contribution in [3.8, 4) is 0 Å². The Morgan fingerprint density at radius 2 is 2.10 bits per heavy atom. The molecule has 2 heterocycles. The fraction of sp³-hybridized carbons (Fsp3) is 0.235. The first-order chi connectivity index (χ1) is 9.75. The number of para-hydroxylation sites is 1. The van der Waals surface area contributed by atoms with Crippen LogP contribution in [0.2, 0.25) is 0 Å². The minimum Gasteiger partial charge on any atom is -0.350 e. The third kappa shape index (κ3) is 1.74. The van der Waals surface area contributed by atoms with Crippen molar-refractivity contribution in [2.24, 2.45) is 13.0 Å². The molecular formula is C17H15NOS. The summed E-state index contributed by atoms with van der Waals surface area (Å²) in [5, 5.41) is 3.27. The average Bonchev–Trinajstić information content (AvgIpc) is 2.93. The summed E-state index contributed by atoms with van der Waals surface area (Å²) in [6.45, 7) is 0. The van der Waals surface area contributed by atoms with Gasteiger partial charge in [-0.2, -0.15) is 0 Å². The predicted molar refractivity (Wildman–Crippen MR) is 82.4 cm³/mol. The van der Waals surface area contributed by atoms with E-state index < -0.39 is 0 Å². The van der Waals surface area contributed by atoms with Crippen LogP contribution < -0.4 is 0 Å². The molecule has 0 radical (unpaired) electrons. The maximum absolute atomic E-state index is 12.4. The Bertz CT molecular complexity index is 785. The summed E-state index contributed by atoms with van der Waals surface area (Å²) in [6, 6.07) is 12.3. The van der Waals surface area contributed by atoms with Crippen molar-refractivity contribution in [3.63, 3.8) is 0 Å². The molecule has 100 valence electrons. The summed E-state index contributed by atoms with van der Waals surface area (Å²) >= 11 is 1.55. The van der Waals surface area contributed by atoms with E-state index in [9.17, 15) is 4.79 Å². The second-order valence-corrected chi connectivity index (χ2v) is 6.45. The number of carbonyl (C=O) groups is 1. The van der Waals surface area contributed by atoms with E-state index in [0.29, 0.717) is 11.7 Å². The molecule has 1 aromatic carbocycles. The van der Waals surface area contributed by atoms with Gasteiger partial charge in [-0.3, -0.25) is 4.79 Å². The van der Waals surface area contributed by atoms with Crippen molar-refractivity contribution < 1.29 is 4.79 Å². The zero-order valence-electron chi connectivity index (χ0n) is 11.2. The lowest BCUT2D eigenvalue weighted by Gasteiger charge is -1.97. The lowest BCUT2D eigenvalue weighted by atomic mass is 10.1. The summed E-state index contributed by atoms with van der Waals surface area (Å²) in [5.74, 6) is 0.896. The van der Waals surface area contributed by atoms with Gasteiger partial charge in [-0.05, 0) is 35.4 Å². The van der Waals surface area contributed by atoms with Crippen molar-refractivity contribution in [1.82, 2.24) is 4.57 Å². The quantitative estimate of drug-likeness (QED) is 0.659. The van der Waals surface area contributed by atoms with Gasteiger partial charge in [0.1, 0.15) is 0 Å². The first kappa shape index (κ1) is 11.9. The number of aromatic nitrogens is 1.